The zero-order chi connectivity index (χ0) is 31.8. The van der Waals surface area contributed by atoms with Crippen LogP contribution in [0.15, 0.2) is 36.4 Å². The average Bonchev–Trinajstić information content (AvgIpc) is 2.90. The average molecular weight is 623 g/mol. The molecule has 2 amide bonds. The summed E-state index contributed by atoms with van der Waals surface area (Å²) in [7, 11) is 0. The first-order valence-corrected chi connectivity index (χ1v) is 13.2. The second-order valence-electron chi connectivity index (χ2n) is 10.7. The molecule has 7 atom stereocenters. The number of ketones is 4. The number of halogens is 4. The summed E-state index contributed by atoms with van der Waals surface area (Å²) < 4.78 is 46.4. The van der Waals surface area contributed by atoms with Gasteiger partial charge in [0.15, 0.2) is 34.7 Å². The Labute approximate surface area is 245 Å². The van der Waals surface area contributed by atoms with Gasteiger partial charge in [0.2, 0.25) is 5.91 Å². The minimum absolute atomic E-state index is 0.221. The van der Waals surface area contributed by atoms with Crippen LogP contribution >= 0.6 is 11.6 Å². The lowest BCUT2D eigenvalue weighted by Gasteiger charge is -2.53. The number of ether oxygens (including phenoxy) is 1. The van der Waals surface area contributed by atoms with Gasteiger partial charge in [-0.15, -0.1) is 0 Å². The van der Waals surface area contributed by atoms with Crippen molar-refractivity contribution in [1.82, 2.24) is 0 Å². The number of fused-ring (bicyclic) bond motifs is 3. The van der Waals surface area contributed by atoms with Gasteiger partial charge in [0, 0.05) is 23.3 Å². The first kappa shape index (κ1) is 30.2. The van der Waals surface area contributed by atoms with E-state index in [1.165, 1.54) is 25.1 Å². The number of nitrogens with two attached hydrogens (primary N) is 1. The number of hydrogen-bond donors (Lipinski definition) is 4. The molecule has 3 aliphatic carbocycles. The third-order valence-corrected chi connectivity index (χ3v) is 8.69. The van der Waals surface area contributed by atoms with Crippen molar-refractivity contribution < 1.29 is 56.9 Å². The molecule has 226 valence electrons. The van der Waals surface area contributed by atoms with Crippen LogP contribution in [0, 0.1) is 23.7 Å². The number of nitrogens with one attached hydrogen (secondary N) is 1. The predicted molar refractivity (Wildman–Crippen MR) is 139 cm³/mol. The van der Waals surface area contributed by atoms with Gasteiger partial charge >= 0.3 is 12.3 Å². The molecule has 15 heteroatoms. The zero-order valence-electron chi connectivity index (χ0n) is 22.0. The van der Waals surface area contributed by atoms with Crippen LogP contribution in [-0.4, -0.2) is 57.1 Å². The van der Waals surface area contributed by atoms with Crippen LogP contribution in [0.3, 0.4) is 0 Å². The van der Waals surface area contributed by atoms with E-state index >= 15 is 0 Å². The Morgan fingerprint density at radius 2 is 1.79 bits per heavy atom. The Morgan fingerprint density at radius 1 is 1.12 bits per heavy atom. The van der Waals surface area contributed by atoms with Crippen molar-refractivity contribution in [2.24, 2.45) is 29.4 Å². The van der Waals surface area contributed by atoms with Gasteiger partial charge in [-0.25, -0.2) is 4.79 Å². The Morgan fingerprint density at radius 3 is 2.42 bits per heavy atom. The van der Waals surface area contributed by atoms with Crippen LogP contribution in [0.5, 0.6) is 5.75 Å². The number of Topliss-reactive ketones (excluding diaryl/α,β-unsaturated/α-hetero) is 4. The maximum absolute atomic E-state index is 13.9. The van der Waals surface area contributed by atoms with E-state index in [4.69, 9.17) is 22.1 Å². The fourth-order valence-corrected chi connectivity index (χ4v) is 6.74. The molecule has 5 rings (SSSR count). The summed E-state index contributed by atoms with van der Waals surface area (Å²) in [4.78, 5) is 78.9. The third-order valence-electron chi connectivity index (χ3n) is 8.46. The van der Waals surface area contributed by atoms with E-state index < -0.39 is 106 Å². The molecule has 5 N–H and O–H groups in total. The van der Waals surface area contributed by atoms with Crippen LogP contribution in [0.4, 0.5) is 23.7 Å². The minimum atomic E-state index is -4.96. The monoisotopic (exact) mass is 622 g/mol. The lowest BCUT2D eigenvalue weighted by atomic mass is 9.50. The molecule has 0 bridgehead atoms. The number of aromatic hydroxyl groups is 1. The van der Waals surface area contributed by atoms with Crippen LogP contribution in [0.2, 0.25) is 5.02 Å². The summed E-state index contributed by atoms with van der Waals surface area (Å²) >= 11 is 5.69. The van der Waals surface area contributed by atoms with E-state index in [1.807, 2.05) is 5.32 Å². The molecular formula is C28H22ClF3N2O9. The van der Waals surface area contributed by atoms with Crippen LogP contribution in [0.1, 0.15) is 40.7 Å². The summed E-state index contributed by atoms with van der Waals surface area (Å²) in [6, 6.07) is 6.51. The van der Waals surface area contributed by atoms with Gasteiger partial charge < -0.3 is 20.7 Å². The minimum Gasteiger partial charge on any atom is -0.507 e. The molecule has 2 aromatic carbocycles. The summed E-state index contributed by atoms with van der Waals surface area (Å²) in [6.07, 6.45) is -9.17. The van der Waals surface area contributed by atoms with Crippen molar-refractivity contribution in [3.63, 3.8) is 0 Å². The van der Waals surface area contributed by atoms with Gasteiger partial charge in [0.1, 0.15) is 11.9 Å². The number of carbonyl (C=O) groups is 6. The highest BCUT2D eigenvalue weighted by molar-refractivity contribution is 6.32. The van der Waals surface area contributed by atoms with Gasteiger partial charge in [-0.1, -0.05) is 30.7 Å². The summed E-state index contributed by atoms with van der Waals surface area (Å²) in [5, 5.41) is 23.7. The molecule has 0 heterocycles. The van der Waals surface area contributed by atoms with Crippen molar-refractivity contribution in [3.05, 3.63) is 58.1 Å². The molecule has 2 unspecified atom stereocenters. The number of aliphatic hydroxyl groups is 1. The van der Waals surface area contributed by atoms with Gasteiger partial charge in [0.05, 0.1) is 22.7 Å². The quantitative estimate of drug-likeness (QED) is 0.373. The fraction of sp³-hybridized carbons (Fsp3) is 0.357. The summed E-state index contributed by atoms with van der Waals surface area (Å²) in [5.74, 6) is -15.3. The van der Waals surface area contributed by atoms with E-state index in [0.29, 0.717) is 6.07 Å². The van der Waals surface area contributed by atoms with E-state index in [0.717, 1.165) is 12.1 Å². The fourth-order valence-electron chi connectivity index (χ4n) is 6.57. The van der Waals surface area contributed by atoms with Gasteiger partial charge in [-0.2, -0.15) is 13.2 Å². The Balaban J connectivity index is 1.63. The lowest BCUT2D eigenvalue weighted by Crippen LogP contribution is -2.73. The normalized spacial score (nSPS) is 30.2. The maximum atomic E-state index is 13.9. The van der Waals surface area contributed by atoms with Crippen molar-refractivity contribution in [3.8, 4) is 5.75 Å². The third kappa shape index (κ3) is 4.56. The molecule has 3 aliphatic rings. The molecule has 2 saturated carbocycles. The number of alkyl halides is 3. The summed E-state index contributed by atoms with van der Waals surface area (Å²) in [6.45, 7) is 1.51. The number of hydrogen-bond acceptors (Lipinski definition) is 9. The maximum Gasteiger partial charge on any atom is 0.418 e. The number of amides is 2. The molecule has 2 fully saturated rings. The van der Waals surface area contributed by atoms with Crippen molar-refractivity contribution in [2.75, 3.05) is 5.32 Å². The standard InChI is InChI=1S/C28H22ClF3N2O9/c1-9-11-3-2-4-15(35)18(11)21(37)20-17(9)22(13-8-16(36)19(25(33)40)23(38)27(13,42)24(20)39)43-26(41)34-14-6-5-10(29)7-12(14)28(30,31)32/h2-7,9,13,17,19-20,22,35,42H,8H2,1H3,(H2,33,40)(H,34,41)/t9-,13+,17+,19?,20?,22+,27+/m0/s1. The number of primary amides is 1. The number of carbonyl (C=O) groups excluding carboxylic acids is 6. The summed E-state index contributed by atoms with van der Waals surface area (Å²) in [5.41, 5.74) is -0.174. The number of rotatable bonds is 3. The number of anilines is 1. The molecule has 2 aromatic rings. The Hall–Kier alpha value is -4.30. The van der Waals surface area contributed by atoms with Crippen LogP contribution in [0.25, 0.3) is 0 Å². The second-order valence-corrected chi connectivity index (χ2v) is 11.2. The van der Waals surface area contributed by atoms with Crippen LogP contribution < -0.4 is 11.1 Å². The Kier molecular flexibility index (Phi) is 7.13. The lowest BCUT2D eigenvalue weighted by molar-refractivity contribution is -0.188. The largest absolute Gasteiger partial charge is 0.507 e. The number of phenolic OH excluding ortho intramolecular Hbond substituents is 1. The van der Waals surface area contributed by atoms with E-state index in [1.54, 1.807) is 0 Å². The molecule has 0 saturated heterocycles. The highest BCUT2D eigenvalue weighted by atomic mass is 35.5. The zero-order valence-corrected chi connectivity index (χ0v) is 22.7. The van der Waals surface area contributed by atoms with Crippen molar-refractivity contribution in [1.29, 1.82) is 0 Å². The van der Waals surface area contributed by atoms with E-state index in [-0.39, 0.29) is 16.1 Å². The van der Waals surface area contributed by atoms with Crippen molar-refractivity contribution >= 4 is 52.4 Å². The number of phenols is 1. The van der Waals surface area contributed by atoms with Gasteiger partial charge in [-0.3, -0.25) is 29.3 Å². The van der Waals surface area contributed by atoms with Gasteiger partial charge in [-0.05, 0) is 35.7 Å². The second kappa shape index (κ2) is 10.2. The molecular weight excluding hydrogens is 601 g/mol. The molecule has 0 spiro atoms. The topological polar surface area (TPSA) is 190 Å². The molecule has 0 radical (unpaired) electrons. The van der Waals surface area contributed by atoms with Crippen LogP contribution in [-0.2, 0) is 30.1 Å². The highest BCUT2D eigenvalue weighted by Gasteiger charge is 2.71. The number of benzene rings is 2. The predicted octanol–water partition coefficient (Wildman–Crippen LogP) is 2.79. The highest BCUT2D eigenvalue weighted by Crippen LogP contribution is 2.54. The van der Waals surface area contributed by atoms with E-state index in [2.05, 4.69) is 0 Å². The van der Waals surface area contributed by atoms with Gasteiger partial charge in [0.25, 0.3) is 0 Å². The molecule has 0 aliphatic heterocycles. The smallest absolute Gasteiger partial charge is 0.418 e. The first-order valence-electron chi connectivity index (χ1n) is 12.8. The first-order chi connectivity index (χ1) is 20.0. The SMILES string of the molecule is C[C@H]1c2cccc(O)c2C(=O)C2C(=O)[C@]3(O)C(=O)C(C(N)=O)C(=O)C[C@@H]3[C@@H](OC(=O)Nc3ccc(Cl)cc3C(F)(F)F)[C@@H]21. The molecule has 43 heavy (non-hydrogen) atoms. The Bertz CT molecular complexity index is 1630. The van der Waals surface area contributed by atoms with Crippen molar-refractivity contribution in [2.45, 2.75) is 37.1 Å². The molecule has 11 nitrogen and oxygen atoms in total. The molecule has 0 aromatic heterocycles. The van der Waals surface area contributed by atoms with E-state index in [9.17, 15) is 52.2 Å².